The fraction of sp³-hybridized carbons (Fsp3) is 0.500. The molecule has 0 spiro atoms. The Kier molecular flexibility index (Phi) is 5.18. The first-order valence-corrected chi connectivity index (χ1v) is 6.40. The van der Waals surface area contributed by atoms with Crippen molar-refractivity contribution >= 4 is 5.91 Å². The minimum absolute atomic E-state index is 0.155. The van der Waals surface area contributed by atoms with Gasteiger partial charge in [0, 0.05) is 12.1 Å². The number of rotatable bonds is 6. The Bertz CT molecular complexity index is 442. The van der Waals surface area contributed by atoms with Gasteiger partial charge < -0.3 is 20.9 Å². The van der Waals surface area contributed by atoms with Crippen molar-refractivity contribution in [2.24, 2.45) is 5.73 Å². The van der Waals surface area contributed by atoms with E-state index >= 15 is 0 Å². The third kappa shape index (κ3) is 3.61. The van der Waals surface area contributed by atoms with Gasteiger partial charge in [0.15, 0.2) is 11.5 Å². The van der Waals surface area contributed by atoms with Crippen molar-refractivity contribution in [3.63, 3.8) is 0 Å². The molecule has 0 fully saturated rings. The second-order valence-corrected chi connectivity index (χ2v) is 4.61. The minimum atomic E-state index is -0.413. The maximum atomic E-state index is 12.0. The van der Waals surface area contributed by atoms with E-state index in [0.717, 1.165) is 12.8 Å². The molecule has 5 heteroatoms. The number of amides is 1. The summed E-state index contributed by atoms with van der Waals surface area (Å²) in [6, 6.07) is 4.80. The van der Waals surface area contributed by atoms with Crippen LogP contribution < -0.4 is 15.8 Å². The number of phenolic OH excluding ortho intramolecular Hbond substituents is 1. The fourth-order valence-corrected chi connectivity index (χ4v) is 1.72. The first-order chi connectivity index (χ1) is 8.97. The van der Waals surface area contributed by atoms with E-state index in [-0.39, 0.29) is 23.0 Å². The van der Waals surface area contributed by atoms with Crippen LogP contribution in [0.5, 0.6) is 11.5 Å². The van der Waals surface area contributed by atoms with E-state index in [9.17, 15) is 9.90 Å². The number of methoxy groups -OCH3 is 1. The molecule has 0 bridgehead atoms. The molecule has 0 aliphatic rings. The number of hydrogen-bond donors (Lipinski definition) is 3. The first-order valence-electron chi connectivity index (χ1n) is 6.40. The summed E-state index contributed by atoms with van der Waals surface area (Å²) in [5, 5.41) is 12.6. The van der Waals surface area contributed by atoms with Crippen molar-refractivity contribution in [2.45, 2.75) is 32.2 Å². The SMILES string of the molecule is CCC(N)(CC)CNC(=O)c1cccc(OC)c1O. The van der Waals surface area contributed by atoms with Gasteiger partial charge in [0.05, 0.1) is 12.7 Å². The van der Waals surface area contributed by atoms with Crippen molar-refractivity contribution in [3.05, 3.63) is 23.8 Å². The lowest BCUT2D eigenvalue weighted by atomic mass is 9.94. The highest BCUT2D eigenvalue weighted by Crippen LogP contribution is 2.29. The summed E-state index contributed by atoms with van der Waals surface area (Å²) in [5.74, 6) is -0.233. The number of ether oxygens (including phenoxy) is 1. The number of para-hydroxylation sites is 1. The van der Waals surface area contributed by atoms with E-state index in [1.54, 1.807) is 18.2 Å². The van der Waals surface area contributed by atoms with E-state index in [0.29, 0.717) is 6.54 Å². The highest BCUT2D eigenvalue weighted by atomic mass is 16.5. The van der Waals surface area contributed by atoms with Crippen LogP contribution in [0.15, 0.2) is 18.2 Å². The van der Waals surface area contributed by atoms with Crippen molar-refractivity contribution in [3.8, 4) is 11.5 Å². The molecule has 1 rings (SSSR count). The number of phenols is 1. The van der Waals surface area contributed by atoms with Gasteiger partial charge >= 0.3 is 0 Å². The number of carbonyl (C=O) groups excluding carboxylic acids is 1. The molecule has 1 aromatic carbocycles. The number of hydrogen-bond acceptors (Lipinski definition) is 4. The van der Waals surface area contributed by atoms with E-state index in [2.05, 4.69) is 5.32 Å². The van der Waals surface area contributed by atoms with E-state index < -0.39 is 5.54 Å². The summed E-state index contributed by atoms with van der Waals surface area (Å²) in [5.41, 5.74) is 5.89. The summed E-state index contributed by atoms with van der Waals surface area (Å²) in [6.45, 7) is 4.34. The molecular weight excluding hydrogens is 244 g/mol. The Labute approximate surface area is 113 Å². The van der Waals surface area contributed by atoms with Crippen LogP contribution in [-0.2, 0) is 0 Å². The average Bonchev–Trinajstić information content (AvgIpc) is 2.44. The lowest BCUT2D eigenvalue weighted by Gasteiger charge is -2.26. The van der Waals surface area contributed by atoms with Crippen molar-refractivity contribution in [1.82, 2.24) is 5.32 Å². The second kappa shape index (κ2) is 6.43. The molecule has 0 saturated carbocycles. The number of carbonyl (C=O) groups is 1. The summed E-state index contributed by atoms with van der Waals surface area (Å²) in [6.07, 6.45) is 1.54. The van der Waals surface area contributed by atoms with E-state index in [4.69, 9.17) is 10.5 Å². The number of aromatic hydroxyl groups is 1. The third-order valence-electron chi connectivity index (χ3n) is 3.47. The number of nitrogens with one attached hydrogen (secondary N) is 1. The monoisotopic (exact) mass is 266 g/mol. The molecule has 0 aromatic heterocycles. The van der Waals surface area contributed by atoms with E-state index in [1.807, 2.05) is 13.8 Å². The smallest absolute Gasteiger partial charge is 0.255 e. The largest absolute Gasteiger partial charge is 0.504 e. The Morgan fingerprint density at radius 1 is 1.42 bits per heavy atom. The molecule has 4 N–H and O–H groups in total. The van der Waals surface area contributed by atoms with Crippen LogP contribution in [0, 0.1) is 0 Å². The molecule has 0 unspecified atom stereocenters. The highest BCUT2D eigenvalue weighted by Gasteiger charge is 2.22. The Morgan fingerprint density at radius 3 is 2.58 bits per heavy atom. The summed E-state index contributed by atoms with van der Waals surface area (Å²) < 4.78 is 4.97. The van der Waals surface area contributed by atoms with Crippen LogP contribution in [0.4, 0.5) is 0 Å². The van der Waals surface area contributed by atoms with E-state index in [1.165, 1.54) is 7.11 Å². The summed E-state index contributed by atoms with van der Waals surface area (Å²) in [7, 11) is 1.44. The highest BCUT2D eigenvalue weighted by molar-refractivity contribution is 5.97. The molecule has 0 atom stereocenters. The van der Waals surface area contributed by atoms with Gasteiger partial charge in [-0.2, -0.15) is 0 Å². The van der Waals surface area contributed by atoms with Gasteiger partial charge in [-0.1, -0.05) is 19.9 Å². The molecule has 0 heterocycles. The quantitative estimate of drug-likeness (QED) is 0.731. The van der Waals surface area contributed by atoms with Crippen LogP contribution in [0.2, 0.25) is 0 Å². The summed E-state index contributed by atoms with van der Waals surface area (Å²) >= 11 is 0. The Hall–Kier alpha value is -1.75. The minimum Gasteiger partial charge on any atom is -0.504 e. The van der Waals surface area contributed by atoms with Gasteiger partial charge in [-0.3, -0.25) is 4.79 Å². The molecule has 1 amide bonds. The molecular formula is C14H22N2O3. The van der Waals surface area contributed by atoms with Crippen LogP contribution in [0.25, 0.3) is 0 Å². The van der Waals surface area contributed by atoms with Crippen LogP contribution in [0.1, 0.15) is 37.0 Å². The van der Waals surface area contributed by atoms with Gasteiger partial charge in [-0.25, -0.2) is 0 Å². The predicted octanol–water partition coefficient (Wildman–Crippen LogP) is 1.65. The maximum absolute atomic E-state index is 12.0. The van der Waals surface area contributed by atoms with Gasteiger partial charge in [0.1, 0.15) is 0 Å². The molecule has 106 valence electrons. The molecule has 0 aliphatic heterocycles. The lowest BCUT2D eigenvalue weighted by molar-refractivity contribution is 0.0939. The van der Waals surface area contributed by atoms with Crippen LogP contribution in [0.3, 0.4) is 0 Å². The normalized spacial score (nSPS) is 11.2. The fourth-order valence-electron chi connectivity index (χ4n) is 1.72. The van der Waals surface area contributed by atoms with Crippen molar-refractivity contribution in [2.75, 3.05) is 13.7 Å². The number of benzene rings is 1. The lowest BCUT2D eigenvalue weighted by Crippen LogP contribution is -2.49. The Morgan fingerprint density at radius 2 is 2.05 bits per heavy atom. The zero-order chi connectivity index (χ0) is 14.5. The zero-order valence-electron chi connectivity index (χ0n) is 11.7. The van der Waals surface area contributed by atoms with Gasteiger partial charge in [-0.15, -0.1) is 0 Å². The molecule has 0 aliphatic carbocycles. The predicted molar refractivity (Wildman–Crippen MR) is 74.5 cm³/mol. The topological polar surface area (TPSA) is 84.6 Å². The van der Waals surface area contributed by atoms with Crippen molar-refractivity contribution in [1.29, 1.82) is 0 Å². The number of nitrogens with two attached hydrogens (primary N) is 1. The van der Waals surface area contributed by atoms with Crippen molar-refractivity contribution < 1.29 is 14.6 Å². The zero-order valence-corrected chi connectivity index (χ0v) is 11.7. The van der Waals surface area contributed by atoms with Crippen LogP contribution >= 0.6 is 0 Å². The van der Waals surface area contributed by atoms with Gasteiger partial charge in [-0.05, 0) is 25.0 Å². The van der Waals surface area contributed by atoms with Crippen LogP contribution in [-0.4, -0.2) is 30.2 Å². The van der Waals surface area contributed by atoms with Gasteiger partial charge in [0.25, 0.3) is 5.91 Å². The standard InChI is InChI=1S/C14H22N2O3/c1-4-14(15,5-2)9-16-13(18)10-7-6-8-11(19-3)12(10)17/h6-8,17H,4-5,9,15H2,1-3H3,(H,16,18). The second-order valence-electron chi connectivity index (χ2n) is 4.61. The maximum Gasteiger partial charge on any atom is 0.255 e. The Balaban J connectivity index is 2.79. The average molecular weight is 266 g/mol. The summed E-state index contributed by atoms with van der Waals surface area (Å²) in [4.78, 5) is 12.0. The molecule has 0 saturated heterocycles. The third-order valence-corrected chi connectivity index (χ3v) is 3.47. The molecule has 19 heavy (non-hydrogen) atoms. The first kappa shape index (κ1) is 15.3. The molecule has 0 radical (unpaired) electrons. The van der Waals surface area contributed by atoms with Gasteiger partial charge in [0.2, 0.25) is 0 Å². The molecule has 1 aromatic rings. The molecule has 5 nitrogen and oxygen atoms in total.